The fraction of sp³-hybridized carbons (Fsp3) is 0.500. The summed E-state index contributed by atoms with van der Waals surface area (Å²) in [6.45, 7) is 1.89. The number of benzene rings is 1. The molecule has 0 spiro atoms. The molecule has 1 nitrogen and oxygen atoms in total. The molecule has 1 atom stereocenters. The van der Waals surface area contributed by atoms with Gasteiger partial charge in [0, 0.05) is 11.6 Å². The van der Waals surface area contributed by atoms with E-state index in [1.165, 1.54) is 12.8 Å². The van der Waals surface area contributed by atoms with Gasteiger partial charge < -0.3 is 5.73 Å². The van der Waals surface area contributed by atoms with Crippen LogP contribution in [0.25, 0.3) is 0 Å². The number of halogens is 2. The molecule has 2 N–H and O–H groups in total. The first-order valence-corrected chi connectivity index (χ1v) is 5.18. The topological polar surface area (TPSA) is 26.0 Å². The number of rotatable bonds is 3. The van der Waals surface area contributed by atoms with E-state index in [4.69, 9.17) is 5.73 Å². The highest BCUT2D eigenvalue weighted by Crippen LogP contribution is 2.37. The number of aryl methyl sites for hydroxylation is 1. The minimum Gasteiger partial charge on any atom is -0.324 e. The first-order chi connectivity index (χ1) is 6.66. The highest BCUT2D eigenvalue weighted by atomic mass is 35.5. The maximum atomic E-state index is 13.5. The van der Waals surface area contributed by atoms with Gasteiger partial charge in [-0.15, -0.1) is 12.4 Å². The largest absolute Gasteiger partial charge is 0.324 e. The smallest absolute Gasteiger partial charge is 0.128 e. The van der Waals surface area contributed by atoms with Gasteiger partial charge in [-0.1, -0.05) is 25.0 Å². The second-order valence-electron chi connectivity index (χ2n) is 4.31. The number of hydrogen-bond donors (Lipinski definition) is 1. The van der Waals surface area contributed by atoms with Gasteiger partial charge in [0.15, 0.2) is 0 Å². The lowest BCUT2D eigenvalue weighted by Crippen LogP contribution is -2.12. The van der Waals surface area contributed by atoms with E-state index in [1.807, 2.05) is 19.1 Å². The highest BCUT2D eigenvalue weighted by molar-refractivity contribution is 5.85. The molecular weight excluding hydrogens is 213 g/mol. The molecule has 1 aliphatic rings. The van der Waals surface area contributed by atoms with Crippen molar-refractivity contribution in [1.82, 2.24) is 0 Å². The van der Waals surface area contributed by atoms with Crippen molar-refractivity contribution in [2.75, 3.05) is 0 Å². The molecule has 0 amide bonds. The standard InChI is InChI=1S/C12H16FN.ClH/c1-8-2-5-10(11(13)6-8)12(14)7-9-3-4-9;/h2,5-6,9,12H,3-4,7,14H2,1H3;1H/t12-;/m1./s1. The molecule has 0 bridgehead atoms. The van der Waals surface area contributed by atoms with Gasteiger partial charge in [0.1, 0.15) is 5.82 Å². The van der Waals surface area contributed by atoms with E-state index in [1.54, 1.807) is 6.07 Å². The van der Waals surface area contributed by atoms with E-state index < -0.39 is 0 Å². The maximum Gasteiger partial charge on any atom is 0.128 e. The third kappa shape index (κ3) is 3.18. The van der Waals surface area contributed by atoms with Crippen LogP contribution in [0.5, 0.6) is 0 Å². The normalized spacial score (nSPS) is 17.0. The van der Waals surface area contributed by atoms with Crippen LogP contribution in [-0.2, 0) is 0 Å². The van der Waals surface area contributed by atoms with Gasteiger partial charge in [0.2, 0.25) is 0 Å². The van der Waals surface area contributed by atoms with E-state index in [0.717, 1.165) is 17.9 Å². The first kappa shape index (κ1) is 12.5. The fourth-order valence-electron chi connectivity index (χ4n) is 1.77. The lowest BCUT2D eigenvalue weighted by Gasteiger charge is -2.12. The van der Waals surface area contributed by atoms with E-state index >= 15 is 0 Å². The van der Waals surface area contributed by atoms with Crippen LogP contribution in [0.3, 0.4) is 0 Å². The van der Waals surface area contributed by atoms with Crippen molar-refractivity contribution in [3.63, 3.8) is 0 Å². The Bertz CT molecular complexity index is 336. The molecule has 3 heteroatoms. The van der Waals surface area contributed by atoms with Crippen LogP contribution in [0.4, 0.5) is 4.39 Å². The molecule has 0 saturated heterocycles. The van der Waals surface area contributed by atoms with Crippen LogP contribution >= 0.6 is 12.4 Å². The third-order valence-electron chi connectivity index (χ3n) is 2.84. The highest BCUT2D eigenvalue weighted by Gasteiger charge is 2.25. The Hall–Kier alpha value is -0.600. The molecular formula is C12H17ClFN. The van der Waals surface area contributed by atoms with Crippen molar-refractivity contribution in [2.45, 2.75) is 32.2 Å². The SMILES string of the molecule is Cc1ccc([C@H](N)CC2CC2)c(F)c1.Cl. The molecule has 84 valence electrons. The zero-order chi connectivity index (χ0) is 10.1. The van der Waals surface area contributed by atoms with Crippen LogP contribution in [-0.4, -0.2) is 0 Å². The Balaban J connectivity index is 0.00000112. The van der Waals surface area contributed by atoms with Crippen LogP contribution in [0.15, 0.2) is 18.2 Å². The predicted molar refractivity (Wildman–Crippen MR) is 62.7 cm³/mol. The molecule has 2 rings (SSSR count). The van der Waals surface area contributed by atoms with Crippen molar-refractivity contribution in [1.29, 1.82) is 0 Å². The second-order valence-corrected chi connectivity index (χ2v) is 4.31. The molecule has 1 fully saturated rings. The van der Waals surface area contributed by atoms with Gasteiger partial charge in [-0.2, -0.15) is 0 Å². The lowest BCUT2D eigenvalue weighted by atomic mass is 10.0. The quantitative estimate of drug-likeness (QED) is 0.845. The van der Waals surface area contributed by atoms with Crippen LogP contribution in [0, 0.1) is 18.7 Å². The second kappa shape index (κ2) is 4.95. The monoisotopic (exact) mass is 229 g/mol. The van der Waals surface area contributed by atoms with Crippen LogP contribution in [0.1, 0.15) is 36.4 Å². The average Bonchev–Trinajstić information content (AvgIpc) is 2.87. The zero-order valence-electron chi connectivity index (χ0n) is 8.87. The molecule has 1 aliphatic carbocycles. The van der Waals surface area contributed by atoms with Crippen molar-refractivity contribution >= 4 is 12.4 Å². The summed E-state index contributed by atoms with van der Waals surface area (Å²) in [6.07, 6.45) is 3.46. The number of hydrogen-bond acceptors (Lipinski definition) is 1. The zero-order valence-corrected chi connectivity index (χ0v) is 9.69. The summed E-state index contributed by atoms with van der Waals surface area (Å²) in [6, 6.07) is 5.17. The molecule has 1 aromatic carbocycles. The molecule has 0 unspecified atom stereocenters. The molecule has 0 aliphatic heterocycles. The summed E-state index contributed by atoms with van der Waals surface area (Å²) in [4.78, 5) is 0. The summed E-state index contributed by atoms with van der Waals surface area (Å²) in [5.74, 6) is 0.587. The van der Waals surface area contributed by atoms with Crippen molar-refractivity contribution in [3.8, 4) is 0 Å². The Morgan fingerprint density at radius 3 is 2.67 bits per heavy atom. The minimum atomic E-state index is -0.154. The van der Waals surface area contributed by atoms with Crippen molar-refractivity contribution < 1.29 is 4.39 Å². The van der Waals surface area contributed by atoms with E-state index in [9.17, 15) is 4.39 Å². The summed E-state index contributed by atoms with van der Waals surface area (Å²) >= 11 is 0. The average molecular weight is 230 g/mol. The lowest BCUT2D eigenvalue weighted by molar-refractivity contribution is 0.542. The molecule has 0 heterocycles. The van der Waals surface area contributed by atoms with E-state index in [-0.39, 0.29) is 24.3 Å². The van der Waals surface area contributed by atoms with Gasteiger partial charge in [0.05, 0.1) is 0 Å². The van der Waals surface area contributed by atoms with Crippen LogP contribution < -0.4 is 5.73 Å². The summed E-state index contributed by atoms with van der Waals surface area (Å²) in [7, 11) is 0. The van der Waals surface area contributed by atoms with Gasteiger partial charge in [-0.05, 0) is 30.9 Å². The number of nitrogens with two attached hydrogens (primary N) is 1. The maximum absolute atomic E-state index is 13.5. The Morgan fingerprint density at radius 2 is 2.13 bits per heavy atom. The fourth-order valence-corrected chi connectivity index (χ4v) is 1.77. The summed E-state index contributed by atoms with van der Waals surface area (Å²) in [5, 5.41) is 0. The molecule has 0 aromatic heterocycles. The van der Waals surface area contributed by atoms with Gasteiger partial charge >= 0.3 is 0 Å². The van der Waals surface area contributed by atoms with E-state index in [0.29, 0.717) is 5.56 Å². The first-order valence-electron chi connectivity index (χ1n) is 5.18. The minimum absolute atomic E-state index is 0. The van der Waals surface area contributed by atoms with Gasteiger partial charge in [-0.25, -0.2) is 4.39 Å². The molecule has 1 saturated carbocycles. The Kier molecular flexibility index (Phi) is 4.12. The summed E-state index contributed by atoms with van der Waals surface area (Å²) in [5.41, 5.74) is 7.56. The van der Waals surface area contributed by atoms with Crippen molar-refractivity contribution in [2.24, 2.45) is 11.7 Å². The summed E-state index contributed by atoms with van der Waals surface area (Å²) < 4.78 is 13.5. The van der Waals surface area contributed by atoms with Crippen molar-refractivity contribution in [3.05, 3.63) is 35.1 Å². The van der Waals surface area contributed by atoms with Gasteiger partial charge in [0.25, 0.3) is 0 Å². The molecule has 0 radical (unpaired) electrons. The van der Waals surface area contributed by atoms with Gasteiger partial charge in [-0.3, -0.25) is 0 Å². The molecule has 1 aromatic rings. The predicted octanol–water partition coefficient (Wildman–Crippen LogP) is 3.36. The Labute approximate surface area is 96.3 Å². The van der Waals surface area contributed by atoms with E-state index in [2.05, 4.69) is 0 Å². The molecule has 15 heavy (non-hydrogen) atoms. The van der Waals surface area contributed by atoms with Crippen LogP contribution in [0.2, 0.25) is 0 Å². The third-order valence-corrected chi connectivity index (χ3v) is 2.84. The Morgan fingerprint density at radius 1 is 1.47 bits per heavy atom.